The first kappa shape index (κ1) is 15.9. The fourth-order valence-corrected chi connectivity index (χ4v) is 2.27. The molecule has 1 unspecified atom stereocenters. The van der Waals surface area contributed by atoms with E-state index in [-0.39, 0.29) is 5.91 Å². The van der Waals surface area contributed by atoms with Gasteiger partial charge >= 0.3 is 0 Å². The first-order chi connectivity index (χ1) is 10.1. The Kier molecular flexibility index (Phi) is 5.65. The number of rotatable bonds is 5. The van der Waals surface area contributed by atoms with E-state index in [4.69, 9.17) is 16.3 Å². The van der Waals surface area contributed by atoms with E-state index in [9.17, 15) is 4.79 Å². The second-order valence-electron chi connectivity index (χ2n) is 4.54. The van der Waals surface area contributed by atoms with Crippen LogP contribution < -0.4 is 10.1 Å². The largest absolute Gasteiger partial charge is 0.481 e. The van der Waals surface area contributed by atoms with Gasteiger partial charge in [-0.25, -0.2) is 0 Å². The minimum absolute atomic E-state index is 0.207. The van der Waals surface area contributed by atoms with E-state index in [2.05, 4.69) is 21.2 Å². The third-order valence-corrected chi connectivity index (χ3v) is 3.74. The average Bonchev–Trinajstić information content (AvgIpc) is 2.48. The molecule has 0 fully saturated rings. The summed E-state index contributed by atoms with van der Waals surface area (Å²) in [6, 6.07) is 14.6. The van der Waals surface area contributed by atoms with Gasteiger partial charge in [-0.3, -0.25) is 4.79 Å². The van der Waals surface area contributed by atoms with Crippen LogP contribution in [0.5, 0.6) is 5.75 Å². The highest BCUT2D eigenvalue weighted by molar-refractivity contribution is 9.08. The van der Waals surface area contributed by atoms with Gasteiger partial charge in [-0.2, -0.15) is 0 Å². The van der Waals surface area contributed by atoms with Crippen LogP contribution >= 0.6 is 27.5 Å². The third-order valence-electron chi connectivity index (χ3n) is 2.85. The molecule has 1 atom stereocenters. The average molecular weight is 369 g/mol. The van der Waals surface area contributed by atoms with Crippen molar-refractivity contribution in [3.05, 3.63) is 59.1 Å². The predicted molar refractivity (Wildman–Crippen MR) is 89.2 cm³/mol. The van der Waals surface area contributed by atoms with Crippen LogP contribution in [0, 0.1) is 0 Å². The van der Waals surface area contributed by atoms with Crippen LogP contribution in [0.25, 0.3) is 0 Å². The Morgan fingerprint density at radius 1 is 1.29 bits per heavy atom. The SMILES string of the molecule is CC(Oc1cccc(Cl)c1)C(=O)Nc1ccc(CBr)cc1. The Hall–Kier alpha value is -1.52. The standard InChI is InChI=1S/C16H15BrClNO2/c1-11(21-15-4-2-3-13(18)9-15)16(20)19-14-7-5-12(10-17)6-8-14/h2-9,11H,10H2,1H3,(H,19,20). The maximum Gasteiger partial charge on any atom is 0.265 e. The molecule has 1 amide bonds. The first-order valence-corrected chi connectivity index (χ1v) is 7.96. The van der Waals surface area contributed by atoms with E-state index < -0.39 is 6.10 Å². The lowest BCUT2D eigenvalue weighted by molar-refractivity contribution is -0.122. The summed E-state index contributed by atoms with van der Waals surface area (Å²) in [6.45, 7) is 1.70. The molecule has 2 aromatic rings. The van der Waals surface area contributed by atoms with Gasteiger partial charge < -0.3 is 10.1 Å². The van der Waals surface area contributed by atoms with Crippen molar-refractivity contribution in [3.8, 4) is 5.75 Å². The van der Waals surface area contributed by atoms with Crippen LogP contribution in [-0.4, -0.2) is 12.0 Å². The molecule has 0 saturated heterocycles. The maximum atomic E-state index is 12.1. The van der Waals surface area contributed by atoms with Gasteiger partial charge in [0, 0.05) is 16.0 Å². The molecule has 1 N–H and O–H groups in total. The van der Waals surface area contributed by atoms with Crippen LogP contribution in [0.15, 0.2) is 48.5 Å². The van der Waals surface area contributed by atoms with Crippen molar-refractivity contribution in [2.24, 2.45) is 0 Å². The number of ether oxygens (including phenoxy) is 1. The third kappa shape index (κ3) is 4.76. The second kappa shape index (κ2) is 7.48. The number of amides is 1. The number of alkyl halides is 1. The molecule has 0 radical (unpaired) electrons. The van der Waals surface area contributed by atoms with E-state index in [1.807, 2.05) is 24.3 Å². The van der Waals surface area contributed by atoms with Gasteiger partial charge in [-0.1, -0.05) is 45.7 Å². The first-order valence-electron chi connectivity index (χ1n) is 6.46. The van der Waals surface area contributed by atoms with E-state index >= 15 is 0 Å². The Labute approximate surface area is 137 Å². The minimum atomic E-state index is -0.612. The van der Waals surface area contributed by atoms with Crippen molar-refractivity contribution in [1.29, 1.82) is 0 Å². The Balaban J connectivity index is 1.95. The van der Waals surface area contributed by atoms with Gasteiger partial charge in [-0.15, -0.1) is 0 Å². The smallest absolute Gasteiger partial charge is 0.265 e. The van der Waals surface area contributed by atoms with Crippen molar-refractivity contribution in [1.82, 2.24) is 0 Å². The van der Waals surface area contributed by atoms with Crippen molar-refractivity contribution in [3.63, 3.8) is 0 Å². The number of hydrogen-bond acceptors (Lipinski definition) is 2. The molecular formula is C16H15BrClNO2. The van der Waals surface area contributed by atoms with Gasteiger partial charge in [0.05, 0.1) is 0 Å². The molecule has 21 heavy (non-hydrogen) atoms. The summed E-state index contributed by atoms with van der Waals surface area (Å²) in [5.41, 5.74) is 1.89. The summed E-state index contributed by atoms with van der Waals surface area (Å²) >= 11 is 9.26. The Morgan fingerprint density at radius 3 is 2.62 bits per heavy atom. The fourth-order valence-electron chi connectivity index (χ4n) is 1.72. The van der Waals surface area contributed by atoms with E-state index in [0.717, 1.165) is 16.6 Å². The summed E-state index contributed by atoms with van der Waals surface area (Å²) in [5.74, 6) is 0.362. The number of anilines is 1. The number of carbonyl (C=O) groups excluding carboxylic acids is 1. The van der Waals surface area contributed by atoms with Crippen LogP contribution in [0.1, 0.15) is 12.5 Å². The lowest BCUT2D eigenvalue weighted by Gasteiger charge is -2.15. The molecular weight excluding hydrogens is 354 g/mol. The number of carbonyl (C=O) groups is 1. The van der Waals surface area contributed by atoms with Gasteiger partial charge in [0.25, 0.3) is 5.91 Å². The zero-order valence-electron chi connectivity index (χ0n) is 11.5. The van der Waals surface area contributed by atoms with E-state index in [1.165, 1.54) is 0 Å². The topological polar surface area (TPSA) is 38.3 Å². The molecule has 2 aromatic carbocycles. The summed E-state index contributed by atoms with van der Waals surface area (Å²) in [5, 5.41) is 4.18. The number of benzene rings is 2. The summed E-state index contributed by atoms with van der Waals surface area (Å²) in [7, 11) is 0. The van der Waals surface area contributed by atoms with Crippen molar-refractivity contribution < 1.29 is 9.53 Å². The predicted octanol–water partition coefficient (Wildman–Crippen LogP) is 4.64. The zero-order chi connectivity index (χ0) is 15.2. The fraction of sp³-hybridized carbons (Fsp3) is 0.188. The Bertz CT molecular complexity index is 616. The highest BCUT2D eigenvalue weighted by Gasteiger charge is 2.14. The molecule has 0 spiro atoms. The highest BCUT2D eigenvalue weighted by atomic mass is 79.9. The number of hydrogen-bond donors (Lipinski definition) is 1. The van der Waals surface area contributed by atoms with Crippen LogP contribution in [0.3, 0.4) is 0 Å². The molecule has 0 aliphatic carbocycles. The molecule has 0 aliphatic rings. The molecule has 5 heteroatoms. The summed E-state index contributed by atoms with van der Waals surface area (Å²) < 4.78 is 5.57. The van der Waals surface area contributed by atoms with Gasteiger partial charge in [0.15, 0.2) is 6.10 Å². The number of nitrogens with one attached hydrogen (secondary N) is 1. The molecule has 0 aliphatic heterocycles. The minimum Gasteiger partial charge on any atom is -0.481 e. The molecule has 0 aromatic heterocycles. The molecule has 2 rings (SSSR count). The molecule has 0 saturated carbocycles. The van der Waals surface area contributed by atoms with Crippen molar-refractivity contribution in [2.75, 3.05) is 5.32 Å². The lowest BCUT2D eigenvalue weighted by Crippen LogP contribution is -2.30. The maximum absolute atomic E-state index is 12.1. The van der Waals surface area contributed by atoms with Crippen molar-refractivity contribution >= 4 is 39.1 Å². The molecule has 3 nitrogen and oxygen atoms in total. The Morgan fingerprint density at radius 2 is 2.00 bits per heavy atom. The van der Waals surface area contributed by atoms with Crippen LogP contribution in [-0.2, 0) is 10.1 Å². The summed E-state index contributed by atoms with van der Waals surface area (Å²) in [6.07, 6.45) is -0.612. The normalized spacial score (nSPS) is 11.8. The van der Waals surface area contributed by atoms with E-state index in [1.54, 1.807) is 31.2 Å². The molecule has 110 valence electrons. The van der Waals surface area contributed by atoms with Crippen molar-refractivity contribution in [2.45, 2.75) is 18.4 Å². The van der Waals surface area contributed by atoms with Crippen LogP contribution in [0.4, 0.5) is 5.69 Å². The second-order valence-corrected chi connectivity index (χ2v) is 5.53. The summed E-state index contributed by atoms with van der Waals surface area (Å²) in [4.78, 5) is 12.1. The monoisotopic (exact) mass is 367 g/mol. The van der Waals surface area contributed by atoms with E-state index in [0.29, 0.717) is 10.8 Å². The van der Waals surface area contributed by atoms with Gasteiger partial charge in [0.2, 0.25) is 0 Å². The lowest BCUT2D eigenvalue weighted by atomic mass is 10.2. The zero-order valence-corrected chi connectivity index (χ0v) is 13.8. The van der Waals surface area contributed by atoms with Crippen LogP contribution in [0.2, 0.25) is 5.02 Å². The molecule has 0 bridgehead atoms. The number of halogens is 2. The van der Waals surface area contributed by atoms with Gasteiger partial charge in [0.1, 0.15) is 5.75 Å². The highest BCUT2D eigenvalue weighted by Crippen LogP contribution is 2.19. The van der Waals surface area contributed by atoms with Gasteiger partial charge in [-0.05, 0) is 42.8 Å². The molecule has 0 heterocycles. The quantitative estimate of drug-likeness (QED) is 0.781.